The lowest BCUT2D eigenvalue weighted by atomic mass is 10.0. The van der Waals surface area contributed by atoms with Crippen molar-refractivity contribution in [2.75, 3.05) is 7.11 Å². The molecule has 0 aliphatic heterocycles. The van der Waals surface area contributed by atoms with Gasteiger partial charge in [-0.1, -0.05) is 47.6 Å². The van der Waals surface area contributed by atoms with Crippen molar-refractivity contribution in [2.45, 2.75) is 27.2 Å². The molecule has 1 N–H and O–H groups in total. The van der Waals surface area contributed by atoms with Gasteiger partial charge in [-0.15, -0.1) is 0 Å². The third-order valence-corrected chi connectivity index (χ3v) is 3.90. The summed E-state index contributed by atoms with van der Waals surface area (Å²) in [6.07, 6.45) is 5.94. The second-order valence-electron chi connectivity index (χ2n) is 6.28. The highest BCUT2D eigenvalue weighted by Crippen LogP contribution is 2.29. The maximum Gasteiger partial charge on any atom is 0.189 e. The van der Waals surface area contributed by atoms with Gasteiger partial charge in [0.2, 0.25) is 0 Å². The van der Waals surface area contributed by atoms with Crippen LogP contribution in [0.15, 0.2) is 54.1 Å². The van der Waals surface area contributed by atoms with Gasteiger partial charge in [0.1, 0.15) is 11.5 Å². The first-order chi connectivity index (χ1) is 11.9. The maximum absolute atomic E-state index is 12.5. The second-order valence-corrected chi connectivity index (χ2v) is 6.28. The molecule has 0 unspecified atom stereocenters. The number of benzene rings is 2. The third kappa shape index (κ3) is 5.08. The lowest BCUT2D eigenvalue weighted by molar-refractivity contribution is 0.104. The molecular formula is C22H24O3. The Morgan fingerprint density at radius 3 is 2.44 bits per heavy atom. The number of ketones is 1. The second kappa shape index (κ2) is 8.34. The molecular weight excluding hydrogens is 312 g/mol. The zero-order chi connectivity index (χ0) is 18.4. The van der Waals surface area contributed by atoms with Crippen LogP contribution in [0.5, 0.6) is 11.5 Å². The molecule has 0 saturated heterocycles. The minimum Gasteiger partial charge on any atom is -0.507 e. The molecule has 25 heavy (non-hydrogen) atoms. The standard InChI is InChI=1S/C22H24O3/c1-15(2)5-11-18-13-19(21(24)14-22(18)25-4)20(23)12-10-17-8-6-16(3)7-9-17/h5-10,12-14,24H,11H2,1-4H3/b12-10+. The van der Waals surface area contributed by atoms with Gasteiger partial charge < -0.3 is 9.84 Å². The Balaban J connectivity index is 2.30. The Labute approximate surface area is 149 Å². The number of phenolic OH excluding ortho intramolecular Hbond substituents is 1. The van der Waals surface area contributed by atoms with Gasteiger partial charge in [-0.25, -0.2) is 0 Å². The number of phenols is 1. The Hall–Kier alpha value is -2.81. The van der Waals surface area contributed by atoms with E-state index < -0.39 is 0 Å². The van der Waals surface area contributed by atoms with E-state index in [0.29, 0.717) is 12.2 Å². The van der Waals surface area contributed by atoms with Crippen LogP contribution in [0.1, 0.15) is 40.9 Å². The lowest BCUT2D eigenvalue weighted by Gasteiger charge is -2.10. The summed E-state index contributed by atoms with van der Waals surface area (Å²) in [6.45, 7) is 6.05. The SMILES string of the molecule is COc1cc(O)c(C(=O)/C=C/c2ccc(C)cc2)cc1CC=C(C)C. The number of hydrogen-bond donors (Lipinski definition) is 1. The largest absolute Gasteiger partial charge is 0.507 e. The Kier molecular flexibility index (Phi) is 6.18. The molecule has 130 valence electrons. The molecule has 0 bridgehead atoms. The van der Waals surface area contributed by atoms with Crippen molar-refractivity contribution < 1.29 is 14.6 Å². The van der Waals surface area contributed by atoms with Gasteiger partial charge in [0.05, 0.1) is 12.7 Å². The summed E-state index contributed by atoms with van der Waals surface area (Å²) in [5, 5.41) is 10.2. The van der Waals surface area contributed by atoms with Gasteiger partial charge in [0.25, 0.3) is 0 Å². The molecule has 0 aliphatic carbocycles. The van der Waals surface area contributed by atoms with Gasteiger partial charge in [0, 0.05) is 6.07 Å². The number of rotatable bonds is 6. The van der Waals surface area contributed by atoms with E-state index in [-0.39, 0.29) is 17.1 Å². The van der Waals surface area contributed by atoms with Crippen LogP contribution < -0.4 is 4.74 Å². The third-order valence-electron chi connectivity index (χ3n) is 3.90. The number of ether oxygens (including phenoxy) is 1. The van der Waals surface area contributed by atoms with Crippen molar-refractivity contribution in [2.24, 2.45) is 0 Å². The van der Waals surface area contributed by atoms with E-state index >= 15 is 0 Å². The van der Waals surface area contributed by atoms with Crippen molar-refractivity contribution >= 4 is 11.9 Å². The van der Waals surface area contributed by atoms with Crippen LogP contribution >= 0.6 is 0 Å². The first-order valence-corrected chi connectivity index (χ1v) is 8.23. The molecule has 0 heterocycles. The fraction of sp³-hybridized carbons (Fsp3) is 0.227. The van der Waals surface area contributed by atoms with Gasteiger partial charge in [0.15, 0.2) is 5.78 Å². The van der Waals surface area contributed by atoms with Crippen LogP contribution in [0.2, 0.25) is 0 Å². The van der Waals surface area contributed by atoms with E-state index in [0.717, 1.165) is 11.1 Å². The van der Waals surface area contributed by atoms with Crippen molar-refractivity contribution in [1.82, 2.24) is 0 Å². The van der Waals surface area contributed by atoms with Crippen molar-refractivity contribution in [3.63, 3.8) is 0 Å². The smallest absolute Gasteiger partial charge is 0.189 e. The van der Waals surface area contributed by atoms with Crippen LogP contribution in [-0.2, 0) is 6.42 Å². The predicted octanol–water partition coefficient (Wildman–Crippen LogP) is 5.11. The molecule has 0 radical (unpaired) electrons. The zero-order valence-electron chi connectivity index (χ0n) is 15.2. The van der Waals surface area contributed by atoms with Gasteiger partial charge >= 0.3 is 0 Å². The average Bonchev–Trinajstić information content (AvgIpc) is 2.59. The molecule has 0 atom stereocenters. The van der Waals surface area contributed by atoms with Crippen molar-refractivity contribution in [1.29, 1.82) is 0 Å². The minimum atomic E-state index is -0.237. The molecule has 0 aromatic heterocycles. The fourth-order valence-corrected chi connectivity index (χ4v) is 2.41. The number of carbonyl (C=O) groups is 1. The summed E-state index contributed by atoms with van der Waals surface area (Å²) in [7, 11) is 1.56. The van der Waals surface area contributed by atoms with E-state index in [1.807, 2.05) is 45.0 Å². The van der Waals surface area contributed by atoms with E-state index in [2.05, 4.69) is 6.08 Å². The first-order valence-electron chi connectivity index (χ1n) is 8.23. The van der Waals surface area contributed by atoms with Crippen molar-refractivity contribution in [3.8, 4) is 11.5 Å². The van der Waals surface area contributed by atoms with E-state index in [1.165, 1.54) is 23.3 Å². The average molecular weight is 336 g/mol. The number of allylic oxidation sites excluding steroid dienone is 3. The van der Waals surface area contributed by atoms with Gasteiger partial charge in [-0.3, -0.25) is 4.79 Å². The highest BCUT2D eigenvalue weighted by atomic mass is 16.5. The Morgan fingerprint density at radius 1 is 1.16 bits per heavy atom. The summed E-state index contributed by atoms with van der Waals surface area (Å²) < 4.78 is 5.32. The topological polar surface area (TPSA) is 46.5 Å². The quantitative estimate of drug-likeness (QED) is 0.453. The number of hydrogen-bond acceptors (Lipinski definition) is 3. The zero-order valence-corrected chi connectivity index (χ0v) is 15.2. The van der Waals surface area contributed by atoms with E-state index in [1.54, 1.807) is 19.3 Å². The maximum atomic E-state index is 12.5. The normalized spacial score (nSPS) is 10.7. The molecule has 0 saturated carbocycles. The predicted molar refractivity (Wildman–Crippen MR) is 102 cm³/mol. The summed E-state index contributed by atoms with van der Waals surface area (Å²) >= 11 is 0. The Bertz CT molecular complexity index is 808. The number of aromatic hydroxyl groups is 1. The summed E-state index contributed by atoms with van der Waals surface area (Å²) in [4.78, 5) is 12.5. The van der Waals surface area contributed by atoms with Gasteiger partial charge in [-0.05, 0) is 50.5 Å². The number of aryl methyl sites for hydroxylation is 1. The molecule has 2 aromatic rings. The van der Waals surface area contributed by atoms with Crippen LogP contribution in [0.25, 0.3) is 6.08 Å². The minimum absolute atomic E-state index is 0.0728. The summed E-state index contributed by atoms with van der Waals surface area (Å²) in [5.74, 6) is 0.268. The fourth-order valence-electron chi connectivity index (χ4n) is 2.41. The molecule has 3 nitrogen and oxygen atoms in total. The molecule has 0 amide bonds. The molecule has 0 spiro atoms. The van der Waals surface area contributed by atoms with Gasteiger partial charge in [-0.2, -0.15) is 0 Å². The molecule has 2 aromatic carbocycles. The first kappa shape index (κ1) is 18.5. The molecule has 2 rings (SSSR count). The Morgan fingerprint density at radius 2 is 1.84 bits per heavy atom. The number of methoxy groups -OCH3 is 1. The number of carbonyl (C=O) groups excluding carboxylic acids is 1. The lowest BCUT2D eigenvalue weighted by Crippen LogP contribution is -1.99. The summed E-state index contributed by atoms with van der Waals surface area (Å²) in [6, 6.07) is 11.1. The van der Waals surface area contributed by atoms with Crippen LogP contribution in [-0.4, -0.2) is 18.0 Å². The molecule has 0 aliphatic rings. The molecule has 0 fully saturated rings. The van der Waals surface area contributed by atoms with Crippen LogP contribution in [0, 0.1) is 6.92 Å². The summed E-state index contributed by atoms with van der Waals surface area (Å²) in [5.41, 5.74) is 4.44. The highest BCUT2D eigenvalue weighted by Gasteiger charge is 2.13. The van der Waals surface area contributed by atoms with Crippen LogP contribution in [0.4, 0.5) is 0 Å². The highest BCUT2D eigenvalue weighted by molar-refractivity contribution is 6.08. The van der Waals surface area contributed by atoms with Crippen LogP contribution in [0.3, 0.4) is 0 Å². The monoisotopic (exact) mass is 336 g/mol. The van der Waals surface area contributed by atoms with E-state index in [9.17, 15) is 9.90 Å². The molecule has 3 heteroatoms. The van der Waals surface area contributed by atoms with E-state index in [4.69, 9.17) is 4.74 Å². The van der Waals surface area contributed by atoms with Crippen molar-refractivity contribution in [3.05, 3.63) is 76.4 Å².